The molecule has 1 heterocycles. The first kappa shape index (κ1) is 24.4. The van der Waals surface area contributed by atoms with Gasteiger partial charge in [0.05, 0.1) is 0 Å². The molecule has 3 rings (SSSR count). The van der Waals surface area contributed by atoms with Crippen LogP contribution in [0.1, 0.15) is 20.8 Å². The maximum Gasteiger partial charge on any atom is 0.303 e. The van der Waals surface area contributed by atoms with Crippen LogP contribution in [0.5, 0.6) is 0 Å². The molecular formula is C22H23N3O7S. The van der Waals surface area contributed by atoms with E-state index in [2.05, 4.69) is 10.0 Å². The number of nitrogens with zero attached hydrogens (tertiary/aromatic N) is 3. The average Bonchev–Trinajstić information content (AvgIpc) is 2.75. The minimum Gasteiger partial charge on any atom is -0.463 e. The van der Waals surface area contributed by atoms with Crippen LogP contribution in [0.2, 0.25) is 0 Å². The monoisotopic (exact) mass is 473 g/mol. The van der Waals surface area contributed by atoms with Crippen molar-refractivity contribution in [3.05, 3.63) is 52.9 Å². The van der Waals surface area contributed by atoms with Gasteiger partial charge in [0.25, 0.3) is 0 Å². The number of esters is 3. The van der Waals surface area contributed by atoms with Crippen molar-refractivity contribution in [1.82, 2.24) is 0 Å². The van der Waals surface area contributed by atoms with Crippen molar-refractivity contribution in [2.45, 2.75) is 55.5 Å². The molecule has 10 nitrogen and oxygen atoms in total. The summed E-state index contributed by atoms with van der Waals surface area (Å²) in [5, 5.41) is 5.82. The number of hydrogen-bond donors (Lipinski definition) is 0. The fourth-order valence-electron chi connectivity index (χ4n) is 3.54. The lowest BCUT2D eigenvalue weighted by atomic mass is 9.97. The second-order valence-corrected chi connectivity index (χ2v) is 8.49. The number of carbonyl (C=O) groups excluding carboxylic acids is 3. The molecule has 2 aromatic rings. The van der Waals surface area contributed by atoms with Gasteiger partial charge in [-0.1, -0.05) is 47.2 Å². The first-order valence-electron chi connectivity index (χ1n) is 10.1. The van der Waals surface area contributed by atoms with E-state index in [1.54, 1.807) is 0 Å². The van der Waals surface area contributed by atoms with Crippen molar-refractivity contribution in [2.24, 2.45) is 5.11 Å². The van der Waals surface area contributed by atoms with Crippen molar-refractivity contribution in [3.63, 3.8) is 0 Å². The third-order valence-electron chi connectivity index (χ3n) is 4.83. The number of hydrogen-bond acceptors (Lipinski definition) is 9. The summed E-state index contributed by atoms with van der Waals surface area (Å²) in [5.74, 6) is -1.83. The third kappa shape index (κ3) is 6.38. The summed E-state index contributed by atoms with van der Waals surface area (Å²) < 4.78 is 22.0. The van der Waals surface area contributed by atoms with Gasteiger partial charge in [-0.3, -0.25) is 14.4 Å². The molecule has 0 bridgehead atoms. The van der Waals surface area contributed by atoms with Crippen LogP contribution in [0, 0.1) is 0 Å². The second-order valence-electron chi connectivity index (χ2n) is 7.32. The Balaban J connectivity index is 1.98. The lowest BCUT2D eigenvalue weighted by Crippen LogP contribution is -2.59. The molecule has 0 aliphatic carbocycles. The zero-order chi connectivity index (χ0) is 24.0. The molecule has 2 aromatic carbocycles. The van der Waals surface area contributed by atoms with E-state index in [0.29, 0.717) is 0 Å². The summed E-state index contributed by atoms with van der Waals surface area (Å²) in [7, 11) is 0. The first-order chi connectivity index (χ1) is 15.8. The quantitative estimate of drug-likeness (QED) is 0.195. The van der Waals surface area contributed by atoms with Gasteiger partial charge in [-0.2, -0.15) is 0 Å². The van der Waals surface area contributed by atoms with Crippen LogP contribution in [0.15, 0.2) is 52.5 Å². The van der Waals surface area contributed by atoms with Gasteiger partial charge >= 0.3 is 17.9 Å². The lowest BCUT2D eigenvalue weighted by Gasteiger charge is -2.43. The Morgan fingerprint density at radius 1 is 1.00 bits per heavy atom. The van der Waals surface area contributed by atoms with Crippen LogP contribution in [-0.2, 0) is 33.3 Å². The SMILES string of the molecule is CC(=O)OC[C@H]1O[C@H](Sc2ccc3ccccc3c2)[C@H](OC(C)=O)[C@@H](N=[N+]=[N-])[C@H]1OC(C)=O. The van der Waals surface area contributed by atoms with Crippen LogP contribution in [0.4, 0.5) is 0 Å². The number of fused-ring (bicyclic) bond motifs is 1. The number of carbonyl (C=O) groups is 3. The van der Waals surface area contributed by atoms with Crippen molar-refractivity contribution in [1.29, 1.82) is 0 Å². The molecule has 0 spiro atoms. The van der Waals surface area contributed by atoms with Crippen molar-refractivity contribution >= 4 is 40.4 Å². The summed E-state index contributed by atoms with van der Waals surface area (Å²) in [4.78, 5) is 38.7. The highest BCUT2D eigenvalue weighted by Gasteiger charge is 2.50. The molecular weight excluding hydrogens is 450 g/mol. The highest BCUT2D eigenvalue weighted by atomic mass is 32.2. The van der Waals surface area contributed by atoms with Crippen LogP contribution in [0.3, 0.4) is 0 Å². The van der Waals surface area contributed by atoms with Gasteiger partial charge in [-0.25, -0.2) is 0 Å². The Labute approximate surface area is 194 Å². The molecule has 0 saturated carbocycles. The van der Waals surface area contributed by atoms with Gasteiger partial charge in [0, 0.05) is 30.6 Å². The molecule has 5 atom stereocenters. The molecule has 1 aliphatic rings. The Morgan fingerprint density at radius 2 is 1.67 bits per heavy atom. The maximum absolute atomic E-state index is 11.9. The topological polar surface area (TPSA) is 137 Å². The molecule has 1 fully saturated rings. The summed E-state index contributed by atoms with van der Waals surface area (Å²) in [6, 6.07) is 12.5. The van der Waals surface area contributed by atoms with Gasteiger partial charge in [-0.15, -0.1) is 0 Å². The average molecular weight is 474 g/mol. The molecule has 0 radical (unpaired) electrons. The van der Waals surface area contributed by atoms with Gasteiger partial charge in [0.1, 0.15) is 36.4 Å². The Morgan fingerprint density at radius 3 is 2.30 bits per heavy atom. The molecule has 1 saturated heterocycles. The Hall–Kier alpha value is -3.27. The molecule has 33 heavy (non-hydrogen) atoms. The summed E-state index contributed by atoms with van der Waals surface area (Å²) in [6.07, 6.45) is -3.14. The van der Waals surface area contributed by atoms with E-state index in [1.807, 2.05) is 42.5 Å². The highest BCUT2D eigenvalue weighted by molar-refractivity contribution is 7.99. The van der Waals surface area contributed by atoms with E-state index >= 15 is 0 Å². The molecule has 11 heteroatoms. The van der Waals surface area contributed by atoms with Gasteiger partial charge in [-0.05, 0) is 28.4 Å². The van der Waals surface area contributed by atoms with Crippen molar-refractivity contribution in [2.75, 3.05) is 6.61 Å². The van der Waals surface area contributed by atoms with Gasteiger partial charge in [0.15, 0.2) is 0 Å². The largest absolute Gasteiger partial charge is 0.463 e. The third-order valence-corrected chi connectivity index (χ3v) is 5.97. The molecule has 0 aromatic heterocycles. The van der Waals surface area contributed by atoms with E-state index in [0.717, 1.165) is 15.7 Å². The van der Waals surface area contributed by atoms with Gasteiger partial charge in [0.2, 0.25) is 0 Å². The fraction of sp³-hybridized carbons (Fsp3) is 0.409. The minimum absolute atomic E-state index is 0.244. The number of benzene rings is 2. The maximum atomic E-state index is 11.9. The fourth-order valence-corrected chi connectivity index (χ4v) is 4.70. The van der Waals surface area contributed by atoms with E-state index in [-0.39, 0.29) is 6.61 Å². The Kier molecular flexibility index (Phi) is 8.16. The molecule has 0 N–H and O–H groups in total. The minimum atomic E-state index is -1.13. The molecule has 0 amide bonds. The first-order valence-corrected chi connectivity index (χ1v) is 11.0. The highest BCUT2D eigenvalue weighted by Crippen LogP contribution is 2.38. The lowest BCUT2D eigenvalue weighted by molar-refractivity contribution is -0.201. The summed E-state index contributed by atoms with van der Waals surface area (Å²) in [6.45, 7) is 3.40. The molecule has 1 aliphatic heterocycles. The number of ether oxygens (including phenoxy) is 4. The zero-order valence-corrected chi connectivity index (χ0v) is 19.1. The van der Waals surface area contributed by atoms with Crippen LogP contribution < -0.4 is 0 Å². The van der Waals surface area contributed by atoms with Crippen LogP contribution >= 0.6 is 11.8 Å². The van der Waals surface area contributed by atoms with E-state index in [4.69, 9.17) is 24.5 Å². The second kappa shape index (κ2) is 11.0. The summed E-state index contributed by atoms with van der Waals surface area (Å²) in [5.41, 5.74) is 8.33. The van der Waals surface area contributed by atoms with Crippen molar-refractivity contribution < 1.29 is 33.3 Å². The molecule has 174 valence electrons. The predicted octanol–water partition coefficient (Wildman–Crippen LogP) is 3.76. The van der Waals surface area contributed by atoms with Gasteiger partial charge < -0.3 is 18.9 Å². The predicted molar refractivity (Wildman–Crippen MR) is 119 cm³/mol. The normalized spacial score (nSPS) is 24.4. The summed E-state index contributed by atoms with van der Waals surface area (Å²) >= 11 is 1.25. The number of rotatable bonds is 7. The van der Waals surface area contributed by atoms with E-state index < -0.39 is 47.7 Å². The molecule has 0 unspecified atom stereocenters. The zero-order valence-electron chi connectivity index (χ0n) is 18.2. The number of azide groups is 1. The smallest absolute Gasteiger partial charge is 0.303 e. The van der Waals surface area contributed by atoms with Crippen LogP contribution in [0.25, 0.3) is 21.2 Å². The standard InChI is InChI=1S/C22H23N3O7S/c1-12(26)29-11-18-20(30-13(2)27)19(24-25-23)21(31-14(3)28)22(32-18)33-17-9-8-15-6-4-5-7-16(15)10-17/h4-10,18-22H,11H2,1-3H3/t18-,19+,20+,21-,22-/m1/s1. The number of thioether (sulfide) groups is 1. The van der Waals surface area contributed by atoms with E-state index in [9.17, 15) is 14.4 Å². The van der Waals surface area contributed by atoms with E-state index in [1.165, 1.54) is 32.5 Å². The van der Waals surface area contributed by atoms with Crippen LogP contribution in [-0.4, -0.2) is 54.3 Å². The Bertz CT molecular complexity index is 1090. The van der Waals surface area contributed by atoms with Crippen molar-refractivity contribution in [3.8, 4) is 0 Å².